The Morgan fingerprint density at radius 2 is 1.42 bits per heavy atom. The summed E-state index contributed by atoms with van der Waals surface area (Å²) in [6.45, 7) is 9.87. The van der Waals surface area contributed by atoms with E-state index in [1.165, 1.54) is 0 Å². The molecule has 2 aromatic carbocycles. The fraction of sp³-hybridized carbons (Fsp3) is 0.409. The largest absolute Gasteiger partial charge is 0.445 e. The van der Waals surface area contributed by atoms with Crippen LogP contribution in [0.25, 0.3) is 0 Å². The van der Waals surface area contributed by atoms with Gasteiger partial charge in [-0.1, -0.05) is 81.4 Å². The number of rotatable bonds is 9. The lowest BCUT2D eigenvalue weighted by atomic mass is 9.90. The number of hydrogen-bond donors (Lipinski definition) is 0. The quantitative estimate of drug-likeness (QED) is 0.462. The molecule has 1 atom stereocenters. The van der Waals surface area contributed by atoms with Crippen LogP contribution in [0.2, 0.25) is 0 Å². The molecule has 0 aromatic heterocycles. The Morgan fingerprint density at radius 1 is 0.962 bits per heavy atom. The molecular formula is C22H29NO2S. The molecular weight excluding hydrogens is 342 g/mol. The zero-order chi connectivity index (χ0) is 19.0. The van der Waals surface area contributed by atoms with Gasteiger partial charge in [0.2, 0.25) is 0 Å². The standard InChI is InChI=1S/C22H29NO2S/c1-5-23(6-2)18(4)25-21(24)22(26-7-3,19-14-10-8-11-15-19)20-16-12-9-13-17-20/h8-18H,5-7H2,1-4H3. The molecule has 0 bridgehead atoms. The van der Waals surface area contributed by atoms with Crippen molar-refractivity contribution in [3.8, 4) is 0 Å². The molecule has 0 aliphatic carbocycles. The molecule has 0 saturated heterocycles. The van der Waals surface area contributed by atoms with Crippen LogP contribution < -0.4 is 0 Å². The van der Waals surface area contributed by atoms with Gasteiger partial charge in [0.15, 0.2) is 11.0 Å². The van der Waals surface area contributed by atoms with Crippen molar-refractivity contribution in [3.05, 3.63) is 71.8 Å². The number of nitrogens with zero attached hydrogens (tertiary/aromatic N) is 1. The second-order valence-electron chi connectivity index (χ2n) is 6.07. The van der Waals surface area contributed by atoms with E-state index in [4.69, 9.17) is 4.74 Å². The fourth-order valence-electron chi connectivity index (χ4n) is 3.24. The van der Waals surface area contributed by atoms with Crippen molar-refractivity contribution in [2.75, 3.05) is 18.8 Å². The molecule has 0 N–H and O–H groups in total. The number of hydrogen-bond acceptors (Lipinski definition) is 4. The van der Waals surface area contributed by atoms with Crippen LogP contribution in [0.5, 0.6) is 0 Å². The van der Waals surface area contributed by atoms with Gasteiger partial charge in [0, 0.05) is 0 Å². The zero-order valence-electron chi connectivity index (χ0n) is 16.1. The molecule has 2 rings (SSSR count). The van der Waals surface area contributed by atoms with Crippen LogP contribution in [0.3, 0.4) is 0 Å². The monoisotopic (exact) mass is 371 g/mol. The molecule has 26 heavy (non-hydrogen) atoms. The first-order valence-electron chi connectivity index (χ1n) is 9.30. The third kappa shape index (κ3) is 4.30. The molecule has 0 aliphatic rings. The lowest BCUT2D eigenvalue weighted by molar-refractivity contribution is -0.159. The smallest absolute Gasteiger partial charge is 0.332 e. The predicted molar refractivity (Wildman–Crippen MR) is 110 cm³/mol. The van der Waals surface area contributed by atoms with Crippen molar-refractivity contribution in [2.45, 2.75) is 38.7 Å². The molecule has 2 aromatic rings. The van der Waals surface area contributed by atoms with Gasteiger partial charge in [0.25, 0.3) is 0 Å². The first-order chi connectivity index (χ1) is 12.6. The molecule has 1 unspecified atom stereocenters. The van der Waals surface area contributed by atoms with Crippen LogP contribution in [-0.4, -0.2) is 35.9 Å². The maximum Gasteiger partial charge on any atom is 0.332 e. The van der Waals surface area contributed by atoms with Crippen molar-refractivity contribution in [2.24, 2.45) is 0 Å². The topological polar surface area (TPSA) is 29.5 Å². The third-order valence-corrected chi connectivity index (χ3v) is 5.97. The molecule has 4 heteroatoms. The van der Waals surface area contributed by atoms with Crippen LogP contribution >= 0.6 is 11.8 Å². The number of thioether (sulfide) groups is 1. The highest BCUT2D eigenvalue weighted by atomic mass is 32.2. The third-order valence-electron chi connectivity index (χ3n) is 4.61. The Kier molecular flexibility index (Phi) is 7.73. The van der Waals surface area contributed by atoms with Gasteiger partial charge in [-0.3, -0.25) is 4.90 Å². The van der Waals surface area contributed by atoms with Gasteiger partial charge in [0.1, 0.15) is 0 Å². The number of benzene rings is 2. The minimum Gasteiger partial charge on any atom is -0.445 e. The zero-order valence-corrected chi connectivity index (χ0v) is 17.0. The number of ether oxygens (including phenoxy) is 1. The summed E-state index contributed by atoms with van der Waals surface area (Å²) in [5, 5.41) is 0. The van der Waals surface area contributed by atoms with E-state index in [1.54, 1.807) is 11.8 Å². The van der Waals surface area contributed by atoms with E-state index in [2.05, 4.69) is 25.7 Å². The second-order valence-corrected chi connectivity index (χ2v) is 7.55. The van der Waals surface area contributed by atoms with Crippen molar-refractivity contribution in [1.29, 1.82) is 0 Å². The van der Waals surface area contributed by atoms with Crippen molar-refractivity contribution >= 4 is 17.7 Å². The first-order valence-corrected chi connectivity index (χ1v) is 10.3. The molecule has 0 amide bonds. The number of carbonyl (C=O) groups excluding carboxylic acids is 1. The van der Waals surface area contributed by atoms with Crippen LogP contribution in [0, 0.1) is 0 Å². The van der Waals surface area contributed by atoms with Crippen molar-refractivity contribution in [1.82, 2.24) is 4.90 Å². The number of esters is 1. The van der Waals surface area contributed by atoms with E-state index < -0.39 is 4.75 Å². The lowest BCUT2D eigenvalue weighted by Gasteiger charge is -2.35. The maximum atomic E-state index is 13.5. The lowest BCUT2D eigenvalue weighted by Crippen LogP contribution is -2.43. The Morgan fingerprint density at radius 3 is 1.81 bits per heavy atom. The molecule has 0 heterocycles. The molecule has 0 aliphatic heterocycles. The van der Waals surface area contributed by atoms with E-state index >= 15 is 0 Å². The van der Waals surface area contributed by atoms with E-state index in [0.29, 0.717) is 0 Å². The van der Waals surface area contributed by atoms with Gasteiger partial charge in [-0.15, -0.1) is 11.8 Å². The van der Waals surface area contributed by atoms with E-state index in [0.717, 1.165) is 30.0 Å². The van der Waals surface area contributed by atoms with Gasteiger partial charge in [-0.2, -0.15) is 0 Å². The summed E-state index contributed by atoms with van der Waals surface area (Å²) >= 11 is 1.61. The normalized spacial score (nSPS) is 12.8. The molecule has 3 nitrogen and oxygen atoms in total. The highest BCUT2D eigenvalue weighted by molar-refractivity contribution is 8.01. The minimum atomic E-state index is -0.862. The fourth-order valence-corrected chi connectivity index (χ4v) is 4.44. The summed E-state index contributed by atoms with van der Waals surface area (Å²) in [5.41, 5.74) is 1.91. The summed E-state index contributed by atoms with van der Waals surface area (Å²) < 4.78 is 5.12. The Labute approximate surface area is 161 Å². The van der Waals surface area contributed by atoms with Crippen LogP contribution in [-0.2, 0) is 14.3 Å². The van der Waals surface area contributed by atoms with Crippen LogP contribution in [0.15, 0.2) is 60.7 Å². The highest BCUT2D eigenvalue weighted by Crippen LogP contribution is 2.44. The van der Waals surface area contributed by atoms with Gasteiger partial charge in [-0.25, -0.2) is 4.79 Å². The molecule has 0 spiro atoms. The Bertz CT molecular complexity index is 632. The molecule has 0 fully saturated rings. The minimum absolute atomic E-state index is 0.207. The van der Waals surface area contributed by atoms with Gasteiger partial charge in [0.05, 0.1) is 0 Å². The predicted octanol–water partition coefficient (Wildman–Crippen LogP) is 4.91. The molecule has 0 saturated carbocycles. The van der Waals surface area contributed by atoms with Crippen molar-refractivity contribution in [3.63, 3.8) is 0 Å². The summed E-state index contributed by atoms with van der Waals surface area (Å²) in [6, 6.07) is 19.9. The van der Waals surface area contributed by atoms with Gasteiger partial charge in [-0.05, 0) is 36.9 Å². The second kappa shape index (κ2) is 9.79. The number of carbonyl (C=O) groups is 1. The van der Waals surface area contributed by atoms with E-state index in [9.17, 15) is 4.79 Å². The average Bonchev–Trinajstić information content (AvgIpc) is 2.68. The summed E-state index contributed by atoms with van der Waals surface area (Å²) in [7, 11) is 0. The van der Waals surface area contributed by atoms with Gasteiger partial charge < -0.3 is 4.74 Å². The van der Waals surface area contributed by atoms with E-state index in [1.807, 2.05) is 67.6 Å². The van der Waals surface area contributed by atoms with Crippen LogP contribution in [0.4, 0.5) is 0 Å². The van der Waals surface area contributed by atoms with Crippen LogP contribution in [0.1, 0.15) is 38.8 Å². The Balaban J connectivity index is 2.51. The Hall–Kier alpha value is -1.78. The summed E-state index contributed by atoms with van der Waals surface area (Å²) in [5.74, 6) is 0.597. The maximum absolute atomic E-state index is 13.5. The summed E-state index contributed by atoms with van der Waals surface area (Å²) in [6.07, 6.45) is -0.262. The molecule has 0 radical (unpaired) electrons. The van der Waals surface area contributed by atoms with E-state index in [-0.39, 0.29) is 12.2 Å². The highest BCUT2D eigenvalue weighted by Gasteiger charge is 2.44. The van der Waals surface area contributed by atoms with Gasteiger partial charge >= 0.3 is 5.97 Å². The molecule has 140 valence electrons. The average molecular weight is 372 g/mol. The first kappa shape index (κ1) is 20.5. The summed E-state index contributed by atoms with van der Waals surface area (Å²) in [4.78, 5) is 15.7. The SMILES string of the molecule is CCSC(C(=O)OC(C)N(CC)CC)(c1ccccc1)c1ccccc1. The van der Waals surface area contributed by atoms with Crippen molar-refractivity contribution < 1.29 is 9.53 Å².